The van der Waals surface area contributed by atoms with Crippen LogP contribution in [-0.4, -0.2) is 33.9 Å². The van der Waals surface area contributed by atoms with Crippen LogP contribution in [0.1, 0.15) is 35.0 Å². The van der Waals surface area contributed by atoms with Gasteiger partial charge in [-0.15, -0.1) is 0 Å². The van der Waals surface area contributed by atoms with Gasteiger partial charge in [-0.05, 0) is 43.2 Å². The highest BCUT2D eigenvalue weighted by Crippen LogP contribution is 2.13. The van der Waals surface area contributed by atoms with Crippen molar-refractivity contribution < 1.29 is 9.53 Å². The average molecular weight is 408 g/mol. The van der Waals surface area contributed by atoms with Crippen LogP contribution < -0.4 is 21.3 Å². The van der Waals surface area contributed by atoms with Crippen LogP contribution >= 0.6 is 0 Å². The molecule has 0 aliphatic rings. The number of methoxy groups -OCH3 is 1. The molecule has 156 valence electrons. The number of amides is 1. The van der Waals surface area contributed by atoms with Gasteiger partial charge >= 0.3 is 5.69 Å². The van der Waals surface area contributed by atoms with Crippen LogP contribution in [0, 0.1) is 6.92 Å². The quantitative estimate of drug-likeness (QED) is 0.644. The normalized spacial score (nSPS) is 10.6. The van der Waals surface area contributed by atoms with Gasteiger partial charge in [0.25, 0.3) is 11.5 Å². The summed E-state index contributed by atoms with van der Waals surface area (Å²) in [4.78, 5) is 38.7. The molecule has 3 rings (SSSR count). The van der Waals surface area contributed by atoms with Crippen LogP contribution in [0.3, 0.4) is 0 Å². The van der Waals surface area contributed by atoms with Gasteiger partial charge in [-0.25, -0.2) is 4.79 Å². The van der Waals surface area contributed by atoms with E-state index in [1.807, 2.05) is 38.1 Å². The van der Waals surface area contributed by atoms with Crippen molar-refractivity contribution in [3.63, 3.8) is 0 Å². The molecule has 0 atom stereocenters. The number of carbonyl (C=O) groups is 1. The maximum Gasteiger partial charge on any atom is 0.352 e. The minimum absolute atomic E-state index is 0.0338. The number of aromatic nitrogens is 3. The van der Waals surface area contributed by atoms with Crippen LogP contribution in [0.2, 0.25) is 0 Å². The molecule has 0 saturated carbocycles. The Morgan fingerprint density at radius 3 is 2.50 bits per heavy atom. The van der Waals surface area contributed by atoms with Gasteiger partial charge in [0.1, 0.15) is 5.75 Å². The topological polar surface area (TPSA) is 95.2 Å². The molecule has 0 fully saturated rings. The second kappa shape index (κ2) is 9.21. The Morgan fingerprint density at radius 2 is 1.87 bits per heavy atom. The van der Waals surface area contributed by atoms with Crippen molar-refractivity contribution in [1.82, 2.24) is 19.7 Å². The van der Waals surface area contributed by atoms with Gasteiger partial charge in [0.2, 0.25) is 5.69 Å². The molecular formula is C22H24N4O4. The van der Waals surface area contributed by atoms with E-state index in [4.69, 9.17) is 4.74 Å². The molecule has 0 saturated heterocycles. The summed E-state index contributed by atoms with van der Waals surface area (Å²) in [7, 11) is 1.54. The first-order valence-corrected chi connectivity index (χ1v) is 9.67. The molecule has 0 radical (unpaired) electrons. The number of nitrogens with zero attached hydrogens (tertiary/aromatic N) is 3. The predicted molar refractivity (Wildman–Crippen MR) is 114 cm³/mol. The smallest absolute Gasteiger partial charge is 0.352 e. The summed E-state index contributed by atoms with van der Waals surface area (Å²) in [5.41, 5.74) is 0.529. The number of hydrogen-bond acceptors (Lipinski definition) is 5. The average Bonchev–Trinajstić information content (AvgIpc) is 2.75. The maximum atomic E-state index is 13.1. The van der Waals surface area contributed by atoms with Gasteiger partial charge in [-0.1, -0.05) is 36.8 Å². The van der Waals surface area contributed by atoms with E-state index in [0.29, 0.717) is 24.4 Å². The molecule has 3 aromatic rings. The van der Waals surface area contributed by atoms with E-state index in [-0.39, 0.29) is 12.2 Å². The van der Waals surface area contributed by atoms with Crippen LogP contribution in [0.15, 0.2) is 58.1 Å². The highest BCUT2D eigenvalue weighted by Gasteiger charge is 2.20. The zero-order chi connectivity index (χ0) is 21.7. The zero-order valence-corrected chi connectivity index (χ0v) is 17.2. The van der Waals surface area contributed by atoms with E-state index >= 15 is 0 Å². The lowest BCUT2D eigenvalue weighted by Crippen LogP contribution is -2.46. The van der Waals surface area contributed by atoms with Crippen molar-refractivity contribution in [1.29, 1.82) is 0 Å². The molecule has 0 aliphatic carbocycles. The second-order valence-corrected chi connectivity index (χ2v) is 6.88. The van der Waals surface area contributed by atoms with Gasteiger partial charge in [0.15, 0.2) is 0 Å². The molecule has 30 heavy (non-hydrogen) atoms. The monoisotopic (exact) mass is 408 g/mol. The van der Waals surface area contributed by atoms with E-state index in [1.54, 1.807) is 24.3 Å². The molecule has 8 nitrogen and oxygen atoms in total. The summed E-state index contributed by atoms with van der Waals surface area (Å²) in [5.74, 6) is 0.00268. The number of ether oxygens (including phenoxy) is 1. The fourth-order valence-corrected chi connectivity index (χ4v) is 3.00. The van der Waals surface area contributed by atoms with Crippen LogP contribution in [0.25, 0.3) is 5.69 Å². The van der Waals surface area contributed by atoms with Crippen molar-refractivity contribution in [2.75, 3.05) is 13.7 Å². The number of aryl methyl sites for hydroxylation is 1. The Bertz CT molecular complexity index is 1160. The molecule has 0 unspecified atom stereocenters. The number of benzene rings is 2. The molecule has 1 aromatic heterocycles. The van der Waals surface area contributed by atoms with E-state index in [2.05, 4.69) is 10.4 Å². The molecule has 1 amide bonds. The summed E-state index contributed by atoms with van der Waals surface area (Å²) in [5, 5.41) is 6.74. The fraction of sp³-hybridized carbons (Fsp3) is 0.273. The largest absolute Gasteiger partial charge is 0.497 e. The summed E-state index contributed by atoms with van der Waals surface area (Å²) in [6.45, 7) is 4.27. The summed E-state index contributed by atoms with van der Waals surface area (Å²) in [6.07, 6.45) is 0.710. The van der Waals surface area contributed by atoms with Crippen molar-refractivity contribution in [3.8, 4) is 11.4 Å². The fourth-order valence-electron chi connectivity index (χ4n) is 3.00. The zero-order valence-electron chi connectivity index (χ0n) is 17.2. The Hall–Kier alpha value is -3.68. The minimum atomic E-state index is -0.722. The number of hydrogen-bond donors (Lipinski definition) is 1. The van der Waals surface area contributed by atoms with Crippen molar-refractivity contribution in [2.24, 2.45) is 0 Å². The highest BCUT2D eigenvalue weighted by atomic mass is 16.5. The third kappa shape index (κ3) is 4.48. The highest BCUT2D eigenvalue weighted by molar-refractivity contribution is 5.91. The molecule has 0 spiro atoms. The Morgan fingerprint density at radius 1 is 1.13 bits per heavy atom. The lowest BCUT2D eigenvalue weighted by molar-refractivity contribution is 0.0944. The van der Waals surface area contributed by atoms with Crippen molar-refractivity contribution in [3.05, 3.63) is 86.2 Å². The molecule has 1 heterocycles. The molecule has 0 bridgehead atoms. The van der Waals surface area contributed by atoms with Crippen LogP contribution in [0.5, 0.6) is 5.75 Å². The lowest BCUT2D eigenvalue weighted by Gasteiger charge is -2.13. The molecular weight excluding hydrogens is 384 g/mol. The van der Waals surface area contributed by atoms with E-state index in [9.17, 15) is 14.4 Å². The van der Waals surface area contributed by atoms with Crippen molar-refractivity contribution >= 4 is 5.91 Å². The number of rotatable bonds is 7. The molecule has 1 N–H and O–H groups in total. The first-order valence-electron chi connectivity index (χ1n) is 9.67. The van der Waals surface area contributed by atoms with E-state index < -0.39 is 17.2 Å². The third-order valence-electron chi connectivity index (χ3n) is 4.55. The Labute approximate surface area is 173 Å². The van der Waals surface area contributed by atoms with Crippen LogP contribution in [0.4, 0.5) is 0 Å². The van der Waals surface area contributed by atoms with Gasteiger partial charge in [0.05, 0.1) is 19.3 Å². The van der Waals surface area contributed by atoms with Gasteiger partial charge in [0, 0.05) is 6.54 Å². The standard InChI is InChI=1S/C22H24N4O4/c1-4-12-23-20(27)19-21(28)25(14-16-7-5-6-15(2)13-16)22(29)26(24-19)17-8-10-18(30-3)11-9-17/h5-11,13H,4,12,14H2,1-3H3,(H,23,27). The maximum absolute atomic E-state index is 13.1. The van der Waals surface area contributed by atoms with Gasteiger partial charge < -0.3 is 10.1 Å². The number of carbonyl (C=O) groups excluding carboxylic acids is 1. The SMILES string of the molecule is CCCNC(=O)c1nn(-c2ccc(OC)cc2)c(=O)n(Cc2cccc(C)c2)c1=O. The molecule has 0 aliphatic heterocycles. The van der Waals surface area contributed by atoms with Crippen molar-refractivity contribution in [2.45, 2.75) is 26.8 Å². The summed E-state index contributed by atoms with van der Waals surface area (Å²) >= 11 is 0. The third-order valence-corrected chi connectivity index (χ3v) is 4.55. The summed E-state index contributed by atoms with van der Waals surface area (Å²) < 4.78 is 7.25. The molecule has 8 heteroatoms. The Balaban J connectivity index is 2.17. The van der Waals surface area contributed by atoms with Gasteiger partial charge in [-0.2, -0.15) is 9.78 Å². The second-order valence-electron chi connectivity index (χ2n) is 6.88. The van der Waals surface area contributed by atoms with Crippen LogP contribution in [-0.2, 0) is 6.54 Å². The van der Waals surface area contributed by atoms with E-state index in [0.717, 1.165) is 20.4 Å². The minimum Gasteiger partial charge on any atom is -0.497 e. The predicted octanol–water partition coefficient (Wildman–Crippen LogP) is 1.90. The summed E-state index contributed by atoms with van der Waals surface area (Å²) in [6, 6.07) is 14.1. The number of nitrogens with one attached hydrogen (secondary N) is 1. The Kier molecular flexibility index (Phi) is 6.46. The van der Waals surface area contributed by atoms with Gasteiger partial charge in [-0.3, -0.25) is 14.2 Å². The lowest BCUT2D eigenvalue weighted by atomic mass is 10.1. The first kappa shape index (κ1) is 21.0. The molecule has 2 aromatic carbocycles. The first-order chi connectivity index (χ1) is 14.4. The van der Waals surface area contributed by atoms with E-state index in [1.165, 1.54) is 7.11 Å².